The normalized spacial score (nSPS) is 12.3. The van der Waals surface area contributed by atoms with E-state index in [1.54, 1.807) is 6.07 Å². The molecule has 1 aromatic carbocycles. The van der Waals surface area contributed by atoms with Crippen molar-refractivity contribution in [2.45, 2.75) is 65.2 Å². The van der Waals surface area contributed by atoms with Crippen LogP contribution in [-0.4, -0.2) is 16.2 Å². The molecular formula is C18H28O3. The van der Waals surface area contributed by atoms with Gasteiger partial charge in [-0.3, -0.25) is 0 Å². The summed E-state index contributed by atoms with van der Waals surface area (Å²) in [5.41, 5.74) is 1.00. The average molecular weight is 292 g/mol. The summed E-state index contributed by atoms with van der Waals surface area (Å²) in [6.07, 6.45) is 9.60. The molecule has 1 unspecified atom stereocenters. The number of phenols is 1. The molecule has 0 saturated carbocycles. The zero-order valence-corrected chi connectivity index (χ0v) is 13.3. The number of hydrogen-bond donors (Lipinski definition) is 2. The highest BCUT2D eigenvalue weighted by Gasteiger charge is 2.11. The van der Waals surface area contributed by atoms with Crippen LogP contribution in [0.2, 0.25) is 0 Å². The van der Waals surface area contributed by atoms with Crippen LogP contribution in [0.5, 0.6) is 5.75 Å². The van der Waals surface area contributed by atoms with Crippen molar-refractivity contribution in [2.75, 3.05) is 0 Å². The van der Waals surface area contributed by atoms with Crippen LogP contribution in [0.25, 0.3) is 0 Å². The first-order valence-corrected chi connectivity index (χ1v) is 8.13. The fourth-order valence-corrected chi connectivity index (χ4v) is 2.69. The molecule has 0 radical (unpaired) electrons. The zero-order valence-electron chi connectivity index (χ0n) is 13.3. The van der Waals surface area contributed by atoms with Gasteiger partial charge < -0.3 is 10.2 Å². The summed E-state index contributed by atoms with van der Waals surface area (Å²) in [6, 6.07) is 4.91. The first-order chi connectivity index (χ1) is 10.1. The van der Waals surface area contributed by atoms with E-state index in [1.165, 1.54) is 44.6 Å². The second-order valence-corrected chi connectivity index (χ2v) is 5.82. The number of aromatic hydroxyl groups is 1. The topological polar surface area (TPSA) is 57.5 Å². The molecule has 0 spiro atoms. The van der Waals surface area contributed by atoms with E-state index in [4.69, 9.17) is 5.11 Å². The van der Waals surface area contributed by atoms with Crippen molar-refractivity contribution in [1.82, 2.24) is 0 Å². The highest BCUT2D eigenvalue weighted by Crippen LogP contribution is 2.23. The van der Waals surface area contributed by atoms with Crippen LogP contribution in [0, 0.1) is 5.92 Å². The minimum Gasteiger partial charge on any atom is -0.507 e. The standard InChI is InChI=1S/C18H28O3/c1-3-5-6-7-8-14(4-2)9-10-15-11-12-17(19)16(13-15)18(20)21/h11-14,19H,3-10H2,1-2H3,(H,20,21). The Morgan fingerprint density at radius 3 is 2.52 bits per heavy atom. The maximum Gasteiger partial charge on any atom is 0.339 e. The highest BCUT2D eigenvalue weighted by molar-refractivity contribution is 5.90. The van der Waals surface area contributed by atoms with Crippen molar-refractivity contribution >= 4 is 5.97 Å². The Balaban J connectivity index is 2.49. The molecule has 0 fully saturated rings. The second kappa shape index (κ2) is 9.43. The molecule has 118 valence electrons. The van der Waals surface area contributed by atoms with Gasteiger partial charge in [0, 0.05) is 0 Å². The Morgan fingerprint density at radius 2 is 1.90 bits per heavy atom. The van der Waals surface area contributed by atoms with Crippen molar-refractivity contribution in [3.05, 3.63) is 29.3 Å². The molecule has 1 atom stereocenters. The van der Waals surface area contributed by atoms with E-state index in [-0.39, 0.29) is 11.3 Å². The van der Waals surface area contributed by atoms with Crippen molar-refractivity contribution in [2.24, 2.45) is 5.92 Å². The van der Waals surface area contributed by atoms with Crippen molar-refractivity contribution < 1.29 is 15.0 Å². The number of aromatic carboxylic acids is 1. The van der Waals surface area contributed by atoms with E-state index in [0.717, 1.165) is 18.4 Å². The minimum atomic E-state index is -1.07. The number of carbonyl (C=O) groups is 1. The Labute approximate surface area is 128 Å². The Bertz CT molecular complexity index is 440. The molecule has 0 aliphatic rings. The van der Waals surface area contributed by atoms with Crippen LogP contribution < -0.4 is 0 Å². The quantitative estimate of drug-likeness (QED) is 0.595. The number of rotatable bonds is 10. The first-order valence-electron chi connectivity index (χ1n) is 8.13. The van der Waals surface area contributed by atoms with Gasteiger partial charge in [-0.15, -0.1) is 0 Å². The maximum absolute atomic E-state index is 11.0. The Hall–Kier alpha value is -1.51. The molecule has 2 N–H and O–H groups in total. The van der Waals surface area contributed by atoms with E-state index < -0.39 is 5.97 Å². The summed E-state index contributed by atoms with van der Waals surface area (Å²) in [4.78, 5) is 11.0. The Kier molecular flexibility index (Phi) is 7.88. The van der Waals surface area contributed by atoms with Gasteiger partial charge in [0.2, 0.25) is 0 Å². The van der Waals surface area contributed by atoms with Gasteiger partial charge in [0.05, 0.1) is 0 Å². The molecule has 1 aromatic rings. The van der Waals surface area contributed by atoms with Crippen LogP contribution in [0.15, 0.2) is 18.2 Å². The lowest BCUT2D eigenvalue weighted by molar-refractivity contribution is 0.0693. The number of benzene rings is 1. The van der Waals surface area contributed by atoms with Crippen LogP contribution >= 0.6 is 0 Å². The third-order valence-corrected chi connectivity index (χ3v) is 4.18. The third kappa shape index (κ3) is 6.19. The summed E-state index contributed by atoms with van der Waals surface area (Å²) in [5, 5.41) is 18.5. The molecule has 3 nitrogen and oxygen atoms in total. The van der Waals surface area contributed by atoms with Gasteiger partial charge in [-0.2, -0.15) is 0 Å². The maximum atomic E-state index is 11.0. The highest BCUT2D eigenvalue weighted by atomic mass is 16.4. The fourth-order valence-electron chi connectivity index (χ4n) is 2.69. The first kappa shape index (κ1) is 17.5. The summed E-state index contributed by atoms with van der Waals surface area (Å²) in [5.74, 6) is -0.511. The largest absolute Gasteiger partial charge is 0.507 e. The smallest absolute Gasteiger partial charge is 0.339 e. The fraction of sp³-hybridized carbons (Fsp3) is 0.611. The lowest BCUT2D eigenvalue weighted by atomic mass is 9.91. The number of hydrogen-bond acceptors (Lipinski definition) is 2. The van der Waals surface area contributed by atoms with Crippen LogP contribution in [-0.2, 0) is 6.42 Å². The van der Waals surface area contributed by atoms with Gasteiger partial charge in [0.25, 0.3) is 0 Å². The van der Waals surface area contributed by atoms with E-state index in [1.807, 2.05) is 6.07 Å². The lowest BCUT2D eigenvalue weighted by Gasteiger charge is -2.15. The average Bonchev–Trinajstić information content (AvgIpc) is 2.47. The number of unbranched alkanes of at least 4 members (excludes halogenated alkanes) is 3. The van der Waals surface area contributed by atoms with E-state index in [0.29, 0.717) is 5.92 Å². The van der Waals surface area contributed by atoms with Crippen LogP contribution in [0.1, 0.15) is 74.7 Å². The van der Waals surface area contributed by atoms with Crippen molar-refractivity contribution in [1.29, 1.82) is 0 Å². The number of carboxylic acid groups (broad SMARTS) is 1. The lowest BCUT2D eigenvalue weighted by Crippen LogP contribution is -2.03. The van der Waals surface area contributed by atoms with Gasteiger partial charge in [0.15, 0.2) is 0 Å². The van der Waals surface area contributed by atoms with E-state index in [2.05, 4.69) is 13.8 Å². The van der Waals surface area contributed by atoms with Gasteiger partial charge in [-0.1, -0.05) is 58.4 Å². The molecule has 0 aliphatic carbocycles. The second-order valence-electron chi connectivity index (χ2n) is 5.82. The molecule has 21 heavy (non-hydrogen) atoms. The number of aryl methyl sites for hydroxylation is 1. The van der Waals surface area contributed by atoms with Crippen LogP contribution in [0.3, 0.4) is 0 Å². The van der Waals surface area contributed by atoms with Crippen molar-refractivity contribution in [3.63, 3.8) is 0 Å². The van der Waals surface area contributed by atoms with Gasteiger partial charge >= 0.3 is 5.97 Å². The van der Waals surface area contributed by atoms with E-state index in [9.17, 15) is 9.90 Å². The molecule has 0 bridgehead atoms. The molecule has 0 heterocycles. The third-order valence-electron chi connectivity index (χ3n) is 4.18. The predicted molar refractivity (Wildman–Crippen MR) is 85.9 cm³/mol. The van der Waals surface area contributed by atoms with Crippen LogP contribution in [0.4, 0.5) is 0 Å². The molecule has 1 rings (SSSR count). The molecule has 0 aromatic heterocycles. The summed E-state index contributed by atoms with van der Waals surface area (Å²) < 4.78 is 0. The molecule has 3 heteroatoms. The van der Waals surface area contributed by atoms with Gasteiger partial charge in [-0.05, 0) is 36.5 Å². The predicted octanol–water partition coefficient (Wildman–Crippen LogP) is 5.02. The van der Waals surface area contributed by atoms with E-state index >= 15 is 0 Å². The Morgan fingerprint density at radius 1 is 1.14 bits per heavy atom. The molecule has 0 saturated heterocycles. The minimum absolute atomic E-state index is 0.00324. The van der Waals surface area contributed by atoms with Gasteiger partial charge in [-0.25, -0.2) is 4.79 Å². The SMILES string of the molecule is CCCCCCC(CC)CCc1ccc(O)c(C(=O)O)c1. The van der Waals surface area contributed by atoms with Crippen molar-refractivity contribution in [3.8, 4) is 5.75 Å². The number of carboxylic acids is 1. The molecule has 0 aliphatic heterocycles. The molecular weight excluding hydrogens is 264 g/mol. The summed E-state index contributed by atoms with van der Waals surface area (Å²) in [7, 11) is 0. The van der Waals surface area contributed by atoms with Gasteiger partial charge in [0.1, 0.15) is 11.3 Å². The monoisotopic (exact) mass is 292 g/mol. The summed E-state index contributed by atoms with van der Waals surface area (Å²) >= 11 is 0. The zero-order chi connectivity index (χ0) is 15.7. The molecule has 0 amide bonds. The summed E-state index contributed by atoms with van der Waals surface area (Å²) in [6.45, 7) is 4.45.